The fraction of sp³-hybridized carbons (Fsp3) is 0.189. The van der Waals surface area contributed by atoms with E-state index in [1.807, 2.05) is 72.8 Å². The van der Waals surface area contributed by atoms with Gasteiger partial charge < -0.3 is 0 Å². The topological polar surface area (TPSA) is 72.8 Å². The summed E-state index contributed by atoms with van der Waals surface area (Å²) >= 11 is 0. The van der Waals surface area contributed by atoms with Gasteiger partial charge in [-0.2, -0.15) is 0 Å². The maximum atomic E-state index is 14.6. The Kier molecular flexibility index (Phi) is 7.74. The third kappa shape index (κ3) is 5.42. The molecule has 0 radical (unpaired) electrons. The molecular formula is C53H41N3O2S. The molecule has 0 atom stereocenters. The number of rotatable bonds is 5. The summed E-state index contributed by atoms with van der Waals surface area (Å²) < 4.78 is 29.1. The second-order valence-electron chi connectivity index (χ2n) is 17.3. The molecule has 7 aromatic carbocycles. The highest BCUT2D eigenvalue weighted by molar-refractivity contribution is 7.91. The van der Waals surface area contributed by atoms with Crippen molar-refractivity contribution < 1.29 is 8.42 Å². The van der Waals surface area contributed by atoms with Gasteiger partial charge in [-0.3, -0.25) is 0 Å². The molecule has 4 fully saturated rings. The van der Waals surface area contributed by atoms with Crippen LogP contribution in [0, 0.1) is 23.7 Å². The van der Waals surface area contributed by atoms with Crippen LogP contribution in [0.15, 0.2) is 174 Å². The summed E-state index contributed by atoms with van der Waals surface area (Å²) in [7, 11) is -3.71. The second kappa shape index (κ2) is 13.1. The van der Waals surface area contributed by atoms with Gasteiger partial charge in [0.1, 0.15) is 0 Å². The Morgan fingerprint density at radius 2 is 0.847 bits per heavy atom. The standard InChI is InChI=1S/C53H41N3O2S/c57-59(58)48-14-8-7-13-46(48)53(44-26-33-25-34(28-44)29-45(53)27-33)47-24-23-41(32-49(47)59)36-15-19-39(20-16-36)51-54-50(38-11-5-2-6-12-38)55-52(56-51)42-22-18-37-17-21-40(30-43(37)31-42)35-9-3-1-4-10-35/h1-24,30-34,44-45H,25-29H2. The van der Waals surface area contributed by atoms with Gasteiger partial charge >= 0.3 is 0 Å². The number of nitrogens with zero attached hydrogens (tertiary/aromatic N) is 3. The number of benzene rings is 7. The van der Waals surface area contributed by atoms with Crippen molar-refractivity contribution in [1.82, 2.24) is 15.0 Å². The summed E-state index contributed by atoms with van der Waals surface area (Å²) in [4.78, 5) is 16.1. The molecule has 8 aromatic rings. The number of sulfone groups is 1. The lowest BCUT2D eigenvalue weighted by molar-refractivity contribution is -0.0446. The minimum absolute atomic E-state index is 0.241. The highest BCUT2D eigenvalue weighted by atomic mass is 32.2. The molecule has 2 heterocycles. The van der Waals surface area contributed by atoms with E-state index in [-0.39, 0.29) is 5.41 Å². The van der Waals surface area contributed by atoms with Crippen LogP contribution in [-0.4, -0.2) is 23.4 Å². The van der Waals surface area contributed by atoms with E-state index in [4.69, 9.17) is 15.0 Å². The molecule has 0 N–H and O–H groups in total. The fourth-order valence-electron chi connectivity index (χ4n) is 11.7. The lowest BCUT2D eigenvalue weighted by Gasteiger charge is -2.63. The molecule has 0 saturated heterocycles. The largest absolute Gasteiger partial charge is 0.218 e. The van der Waals surface area contributed by atoms with E-state index in [9.17, 15) is 8.42 Å². The Hall–Kier alpha value is -6.24. The summed E-state index contributed by atoms with van der Waals surface area (Å²) in [5.74, 6) is 4.29. The van der Waals surface area contributed by atoms with Crippen molar-refractivity contribution in [3.63, 3.8) is 0 Å². The Morgan fingerprint density at radius 3 is 1.53 bits per heavy atom. The summed E-state index contributed by atoms with van der Waals surface area (Å²) in [5.41, 5.74) is 8.69. The van der Waals surface area contributed by atoms with Crippen molar-refractivity contribution in [1.29, 1.82) is 0 Å². The number of hydrogen-bond donors (Lipinski definition) is 0. The first-order valence-corrected chi connectivity index (χ1v) is 22.4. The van der Waals surface area contributed by atoms with Crippen LogP contribution in [0.1, 0.15) is 43.2 Å². The highest BCUT2D eigenvalue weighted by Crippen LogP contribution is 2.68. The molecule has 4 bridgehead atoms. The zero-order chi connectivity index (χ0) is 39.3. The van der Waals surface area contributed by atoms with E-state index in [1.54, 1.807) is 0 Å². The van der Waals surface area contributed by atoms with Gasteiger partial charge in [0.05, 0.1) is 9.79 Å². The van der Waals surface area contributed by atoms with Gasteiger partial charge in [-0.15, -0.1) is 0 Å². The van der Waals surface area contributed by atoms with Crippen molar-refractivity contribution >= 4 is 20.6 Å². The van der Waals surface area contributed by atoms with Gasteiger partial charge in [0.15, 0.2) is 17.5 Å². The third-order valence-corrected chi connectivity index (χ3v) is 16.0. The monoisotopic (exact) mass is 783 g/mol. The van der Waals surface area contributed by atoms with Crippen LogP contribution in [0.2, 0.25) is 0 Å². The van der Waals surface area contributed by atoms with Crippen LogP contribution in [0.3, 0.4) is 0 Å². The van der Waals surface area contributed by atoms with E-state index in [0.29, 0.717) is 39.1 Å². The van der Waals surface area contributed by atoms with Crippen LogP contribution in [0.4, 0.5) is 0 Å². The molecule has 286 valence electrons. The molecule has 6 heteroatoms. The number of aromatic nitrogens is 3. The zero-order valence-corrected chi connectivity index (χ0v) is 33.3. The second-order valence-corrected chi connectivity index (χ2v) is 19.2. The maximum Gasteiger partial charge on any atom is 0.207 e. The van der Waals surface area contributed by atoms with E-state index >= 15 is 0 Å². The normalized spacial score (nSPS) is 23.3. The van der Waals surface area contributed by atoms with Gasteiger partial charge in [0.25, 0.3) is 0 Å². The van der Waals surface area contributed by atoms with Crippen LogP contribution in [0.25, 0.3) is 67.2 Å². The minimum atomic E-state index is -3.71. The first-order chi connectivity index (χ1) is 28.9. The van der Waals surface area contributed by atoms with Crippen molar-refractivity contribution in [2.24, 2.45) is 23.7 Å². The lowest BCUT2D eigenvalue weighted by atomic mass is 9.42. The smallest absolute Gasteiger partial charge is 0.207 e. The predicted molar refractivity (Wildman–Crippen MR) is 234 cm³/mol. The van der Waals surface area contributed by atoms with Crippen LogP contribution < -0.4 is 0 Å². The molecule has 5 nitrogen and oxygen atoms in total. The van der Waals surface area contributed by atoms with Crippen molar-refractivity contribution in [3.05, 3.63) is 175 Å². The zero-order valence-electron chi connectivity index (χ0n) is 32.5. The quantitative estimate of drug-likeness (QED) is 0.174. The molecule has 4 aliphatic carbocycles. The average molecular weight is 784 g/mol. The van der Waals surface area contributed by atoms with Gasteiger partial charge in [-0.1, -0.05) is 140 Å². The SMILES string of the molecule is O=S1(=O)c2ccccc2C2(c3ccc(-c4ccc(-c5nc(-c6ccccc6)nc(-c6ccc7ccc(-c8ccccc8)cc7c6)n5)cc4)cc31)C1CC3CC(C1)CC2C3. The van der Waals surface area contributed by atoms with E-state index in [2.05, 4.69) is 91.0 Å². The van der Waals surface area contributed by atoms with Crippen molar-refractivity contribution in [2.45, 2.75) is 47.3 Å². The van der Waals surface area contributed by atoms with E-state index in [0.717, 1.165) is 67.1 Å². The Labute approximate surface area is 344 Å². The third-order valence-electron chi connectivity index (χ3n) is 14.1. The molecule has 13 rings (SSSR count). The fourth-order valence-corrected chi connectivity index (χ4v) is 13.6. The number of fused-ring (bicyclic) bond motifs is 3. The molecule has 1 aromatic heterocycles. The summed E-state index contributed by atoms with van der Waals surface area (Å²) in [6, 6.07) is 55.8. The number of hydrogen-bond acceptors (Lipinski definition) is 5. The minimum Gasteiger partial charge on any atom is -0.218 e. The molecule has 1 spiro atoms. The van der Waals surface area contributed by atoms with Crippen LogP contribution in [0.5, 0.6) is 0 Å². The molecule has 1 aliphatic heterocycles. The Morgan fingerprint density at radius 1 is 0.390 bits per heavy atom. The molecule has 0 unspecified atom stereocenters. The van der Waals surface area contributed by atoms with E-state index < -0.39 is 9.84 Å². The van der Waals surface area contributed by atoms with Gasteiger partial charge in [-0.25, -0.2) is 23.4 Å². The Bertz CT molecular complexity index is 3040. The van der Waals surface area contributed by atoms with Gasteiger partial charge in [0, 0.05) is 22.1 Å². The van der Waals surface area contributed by atoms with Crippen molar-refractivity contribution in [2.75, 3.05) is 0 Å². The van der Waals surface area contributed by atoms with Gasteiger partial charge in [-0.05, 0) is 124 Å². The highest BCUT2D eigenvalue weighted by Gasteiger charge is 2.62. The Balaban J connectivity index is 0.935. The summed E-state index contributed by atoms with van der Waals surface area (Å²) in [6.45, 7) is 0. The first-order valence-electron chi connectivity index (χ1n) is 20.9. The van der Waals surface area contributed by atoms with E-state index in [1.165, 1.54) is 37.7 Å². The molecule has 59 heavy (non-hydrogen) atoms. The van der Waals surface area contributed by atoms with Gasteiger partial charge in [0.2, 0.25) is 9.84 Å². The molecule has 5 aliphatic rings. The van der Waals surface area contributed by atoms with Crippen molar-refractivity contribution in [3.8, 4) is 56.4 Å². The summed E-state index contributed by atoms with van der Waals surface area (Å²) in [6.07, 6.45) is 6.15. The predicted octanol–water partition coefficient (Wildman–Crippen LogP) is 12.2. The lowest BCUT2D eigenvalue weighted by Crippen LogP contribution is -2.57. The maximum absolute atomic E-state index is 14.6. The molecule has 0 amide bonds. The molecule has 4 saturated carbocycles. The first kappa shape index (κ1) is 34.8. The van der Waals surface area contributed by atoms with Crippen LogP contribution in [-0.2, 0) is 15.3 Å². The average Bonchev–Trinajstić information content (AvgIpc) is 3.29. The summed E-state index contributed by atoms with van der Waals surface area (Å²) in [5, 5.41) is 2.26. The molecular weight excluding hydrogens is 743 g/mol. The van der Waals surface area contributed by atoms with Crippen LogP contribution >= 0.6 is 0 Å².